The van der Waals surface area contributed by atoms with E-state index < -0.39 is 0 Å². The number of hydrogen-bond acceptors (Lipinski definition) is 2. The second kappa shape index (κ2) is 8.03. The average molecular weight is 290 g/mol. The molecule has 0 aliphatic carbocycles. The molecule has 0 aromatic heterocycles. The first-order chi connectivity index (χ1) is 10.3. The van der Waals surface area contributed by atoms with E-state index >= 15 is 0 Å². The van der Waals surface area contributed by atoms with E-state index in [1.54, 1.807) is 7.11 Å². The number of nitrogens with one attached hydrogen (secondary N) is 1. The SMILES string of the molecule is CCCNC(=O)N1CCC(C(OC)c2ccccc2)CC1. The zero-order valence-electron chi connectivity index (χ0n) is 13.0. The lowest BCUT2D eigenvalue weighted by atomic mass is 9.87. The van der Waals surface area contributed by atoms with Crippen molar-refractivity contribution >= 4 is 6.03 Å². The Morgan fingerprint density at radius 3 is 2.57 bits per heavy atom. The summed E-state index contributed by atoms with van der Waals surface area (Å²) in [5.41, 5.74) is 1.23. The molecule has 0 spiro atoms. The van der Waals surface area contributed by atoms with E-state index in [2.05, 4.69) is 36.5 Å². The highest BCUT2D eigenvalue weighted by Gasteiger charge is 2.29. The standard InChI is InChI=1S/C17H26N2O2/c1-3-11-18-17(20)19-12-9-15(10-13-19)16(21-2)14-7-5-4-6-8-14/h4-8,15-16H,3,9-13H2,1-2H3,(H,18,20). The second-order valence-corrected chi connectivity index (χ2v) is 5.62. The number of carbonyl (C=O) groups excluding carboxylic acids is 1. The summed E-state index contributed by atoms with van der Waals surface area (Å²) in [6.45, 7) is 4.44. The third-order valence-corrected chi connectivity index (χ3v) is 4.16. The summed E-state index contributed by atoms with van der Waals surface area (Å²) in [6.07, 6.45) is 3.09. The van der Waals surface area contributed by atoms with Crippen molar-refractivity contribution < 1.29 is 9.53 Å². The van der Waals surface area contributed by atoms with E-state index in [0.717, 1.165) is 38.9 Å². The Labute approximate surface area is 127 Å². The van der Waals surface area contributed by atoms with E-state index in [4.69, 9.17) is 4.74 Å². The highest BCUT2D eigenvalue weighted by atomic mass is 16.5. The zero-order chi connectivity index (χ0) is 15.1. The van der Waals surface area contributed by atoms with Crippen LogP contribution < -0.4 is 5.32 Å². The first kappa shape index (κ1) is 15.8. The van der Waals surface area contributed by atoms with Crippen LogP contribution in [-0.2, 0) is 4.74 Å². The normalized spacial score (nSPS) is 17.5. The van der Waals surface area contributed by atoms with Gasteiger partial charge in [0.05, 0.1) is 6.10 Å². The topological polar surface area (TPSA) is 41.6 Å². The maximum Gasteiger partial charge on any atom is 0.317 e. The molecule has 1 atom stereocenters. The van der Waals surface area contributed by atoms with Crippen molar-refractivity contribution in [2.75, 3.05) is 26.7 Å². The number of urea groups is 1. The lowest BCUT2D eigenvalue weighted by Crippen LogP contribution is -2.45. The third kappa shape index (κ3) is 4.21. The van der Waals surface area contributed by atoms with Crippen molar-refractivity contribution in [1.29, 1.82) is 0 Å². The summed E-state index contributed by atoms with van der Waals surface area (Å²) in [6, 6.07) is 10.4. The number of methoxy groups -OCH3 is 1. The molecule has 1 aromatic carbocycles. The zero-order valence-corrected chi connectivity index (χ0v) is 13.0. The molecule has 0 bridgehead atoms. The van der Waals surface area contributed by atoms with Crippen LogP contribution in [0.2, 0.25) is 0 Å². The van der Waals surface area contributed by atoms with Crippen molar-refractivity contribution in [3.63, 3.8) is 0 Å². The fourth-order valence-corrected chi connectivity index (χ4v) is 2.99. The van der Waals surface area contributed by atoms with Crippen LogP contribution in [-0.4, -0.2) is 37.7 Å². The molecule has 116 valence electrons. The number of nitrogens with zero attached hydrogens (tertiary/aromatic N) is 1. The van der Waals surface area contributed by atoms with Gasteiger partial charge in [0, 0.05) is 26.7 Å². The lowest BCUT2D eigenvalue weighted by Gasteiger charge is -2.35. The van der Waals surface area contributed by atoms with Gasteiger partial charge in [-0.3, -0.25) is 0 Å². The van der Waals surface area contributed by atoms with E-state index in [1.807, 2.05) is 11.0 Å². The van der Waals surface area contributed by atoms with E-state index in [9.17, 15) is 4.79 Å². The van der Waals surface area contributed by atoms with Crippen molar-refractivity contribution in [1.82, 2.24) is 10.2 Å². The average Bonchev–Trinajstić information content (AvgIpc) is 2.55. The molecule has 2 amide bonds. The van der Waals surface area contributed by atoms with Crippen molar-refractivity contribution in [2.24, 2.45) is 5.92 Å². The second-order valence-electron chi connectivity index (χ2n) is 5.62. The number of benzene rings is 1. The van der Waals surface area contributed by atoms with Crippen LogP contribution in [0.15, 0.2) is 30.3 Å². The van der Waals surface area contributed by atoms with Gasteiger partial charge in [0.1, 0.15) is 0 Å². The summed E-state index contributed by atoms with van der Waals surface area (Å²) in [5, 5.41) is 2.95. The van der Waals surface area contributed by atoms with Gasteiger partial charge in [-0.15, -0.1) is 0 Å². The predicted molar refractivity (Wildman–Crippen MR) is 84.2 cm³/mol. The molecule has 1 N–H and O–H groups in total. The summed E-state index contributed by atoms with van der Waals surface area (Å²) in [7, 11) is 1.78. The van der Waals surface area contributed by atoms with Crippen molar-refractivity contribution in [3.8, 4) is 0 Å². The molecule has 0 radical (unpaired) electrons. The van der Waals surface area contributed by atoms with Crippen LogP contribution in [0.1, 0.15) is 37.9 Å². The highest BCUT2D eigenvalue weighted by molar-refractivity contribution is 5.74. The van der Waals surface area contributed by atoms with Crippen LogP contribution in [0, 0.1) is 5.92 Å². The van der Waals surface area contributed by atoms with Gasteiger partial charge >= 0.3 is 6.03 Å². The molecule has 1 saturated heterocycles. The summed E-state index contributed by atoms with van der Waals surface area (Å²) in [5.74, 6) is 0.479. The Hall–Kier alpha value is -1.55. The molecule has 1 heterocycles. The largest absolute Gasteiger partial charge is 0.376 e. The fraction of sp³-hybridized carbons (Fsp3) is 0.588. The molecule has 0 saturated carbocycles. The van der Waals surface area contributed by atoms with Gasteiger partial charge in [0.2, 0.25) is 0 Å². The van der Waals surface area contributed by atoms with Crippen LogP contribution in [0.5, 0.6) is 0 Å². The van der Waals surface area contributed by atoms with Crippen LogP contribution in [0.4, 0.5) is 4.79 Å². The number of rotatable bonds is 5. The van der Waals surface area contributed by atoms with E-state index in [-0.39, 0.29) is 12.1 Å². The fourth-order valence-electron chi connectivity index (χ4n) is 2.99. The minimum absolute atomic E-state index is 0.0731. The molecule has 21 heavy (non-hydrogen) atoms. The number of likely N-dealkylation sites (tertiary alicyclic amines) is 1. The molecule has 2 rings (SSSR count). The maximum absolute atomic E-state index is 12.0. The molecular formula is C17H26N2O2. The molecule has 1 aromatic rings. The first-order valence-corrected chi connectivity index (χ1v) is 7.86. The van der Waals surface area contributed by atoms with Crippen LogP contribution >= 0.6 is 0 Å². The van der Waals surface area contributed by atoms with Crippen molar-refractivity contribution in [3.05, 3.63) is 35.9 Å². The summed E-state index contributed by atoms with van der Waals surface area (Å²) < 4.78 is 5.72. The van der Waals surface area contributed by atoms with Gasteiger partial charge in [-0.2, -0.15) is 0 Å². The predicted octanol–water partition coefficient (Wildman–Crippen LogP) is 3.21. The summed E-state index contributed by atoms with van der Waals surface area (Å²) >= 11 is 0. The summed E-state index contributed by atoms with van der Waals surface area (Å²) in [4.78, 5) is 13.9. The van der Waals surface area contributed by atoms with E-state index in [1.165, 1.54) is 5.56 Å². The first-order valence-electron chi connectivity index (χ1n) is 7.86. The minimum Gasteiger partial charge on any atom is -0.376 e. The number of piperidine rings is 1. The Bertz CT molecular complexity index is 428. The molecule has 1 aliphatic heterocycles. The quantitative estimate of drug-likeness (QED) is 0.904. The van der Waals surface area contributed by atoms with E-state index in [0.29, 0.717) is 5.92 Å². The van der Waals surface area contributed by atoms with Gasteiger partial charge in [0.15, 0.2) is 0 Å². The lowest BCUT2D eigenvalue weighted by molar-refractivity contribution is 0.0256. The number of carbonyl (C=O) groups is 1. The molecule has 4 heteroatoms. The van der Waals surface area contributed by atoms with Gasteiger partial charge < -0.3 is 15.0 Å². The smallest absolute Gasteiger partial charge is 0.317 e. The molecule has 1 fully saturated rings. The molecular weight excluding hydrogens is 264 g/mol. The molecule has 4 nitrogen and oxygen atoms in total. The van der Waals surface area contributed by atoms with Crippen molar-refractivity contribution in [2.45, 2.75) is 32.3 Å². The van der Waals surface area contributed by atoms with Crippen LogP contribution in [0.3, 0.4) is 0 Å². The highest BCUT2D eigenvalue weighted by Crippen LogP contribution is 2.33. The Morgan fingerprint density at radius 1 is 1.33 bits per heavy atom. The van der Waals surface area contributed by atoms with Crippen LogP contribution in [0.25, 0.3) is 0 Å². The molecule has 1 aliphatic rings. The maximum atomic E-state index is 12.0. The van der Waals surface area contributed by atoms with Gasteiger partial charge in [-0.1, -0.05) is 37.3 Å². The van der Waals surface area contributed by atoms with Gasteiger partial charge in [0.25, 0.3) is 0 Å². The number of ether oxygens (including phenoxy) is 1. The van der Waals surface area contributed by atoms with Gasteiger partial charge in [-0.05, 0) is 30.7 Å². The minimum atomic E-state index is 0.0731. The van der Waals surface area contributed by atoms with Gasteiger partial charge in [-0.25, -0.2) is 4.79 Å². The Kier molecular flexibility index (Phi) is 6.05. The number of amides is 2. The Morgan fingerprint density at radius 2 is 2.00 bits per heavy atom. The molecule has 1 unspecified atom stereocenters. The number of hydrogen-bond donors (Lipinski definition) is 1. The third-order valence-electron chi connectivity index (χ3n) is 4.16. The Balaban J connectivity index is 1.89. The monoisotopic (exact) mass is 290 g/mol.